The molecule has 0 aliphatic carbocycles. The van der Waals surface area contributed by atoms with Crippen molar-refractivity contribution in [2.75, 3.05) is 0 Å². The van der Waals surface area contributed by atoms with Crippen LogP contribution in [-0.2, 0) is 10.0 Å². The number of nitrogens with two attached hydrogens (primary N) is 1. The number of carbonyl (C=O) groups is 1. The predicted octanol–water partition coefficient (Wildman–Crippen LogP) is 2.11. The smallest absolute Gasteiger partial charge is 0.247 e. The lowest BCUT2D eigenvalue weighted by atomic mass is 10.0. The number of sulfonamides is 1. The van der Waals surface area contributed by atoms with Gasteiger partial charge in [-0.25, -0.2) is 13.6 Å². The van der Waals surface area contributed by atoms with Crippen LogP contribution in [0.4, 0.5) is 0 Å². The van der Waals surface area contributed by atoms with E-state index in [1.165, 1.54) is 13.0 Å². The van der Waals surface area contributed by atoms with Gasteiger partial charge in [-0.2, -0.15) is 0 Å². The number of hydrogen-bond acceptors (Lipinski definition) is 4. The van der Waals surface area contributed by atoms with Crippen LogP contribution in [0.25, 0.3) is 0 Å². The molecule has 0 aliphatic rings. The summed E-state index contributed by atoms with van der Waals surface area (Å²) in [5, 5.41) is 5.05. The second kappa shape index (κ2) is 4.65. The van der Waals surface area contributed by atoms with Crippen LogP contribution in [0.1, 0.15) is 48.3 Å². The summed E-state index contributed by atoms with van der Waals surface area (Å²) in [5.41, 5.74) is 0.475. The van der Waals surface area contributed by atoms with Crippen LogP contribution >= 0.6 is 11.3 Å². The average Bonchev–Trinajstić information content (AvgIpc) is 2.60. The van der Waals surface area contributed by atoms with Crippen LogP contribution in [0.5, 0.6) is 0 Å². The van der Waals surface area contributed by atoms with Crippen molar-refractivity contribution in [1.82, 2.24) is 0 Å². The highest BCUT2D eigenvalue weighted by atomic mass is 32.2. The van der Waals surface area contributed by atoms with Crippen molar-refractivity contribution in [2.45, 2.75) is 37.3 Å². The summed E-state index contributed by atoms with van der Waals surface area (Å²) in [6, 6.07) is 1.38. The minimum absolute atomic E-state index is 0.0630. The van der Waals surface area contributed by atoms with E-state index in [-0.39, 0.29) is 15.9 Å². The van der Waals surface area contributed by atoms with Crippen LogP contribution in [0.15, 0.2) is 10.3 Å². The number of primary sulfonamides is 1. The third-order valence-electron chi connectivity index (χ3n) is 2.46. The average molecular weight is 261 g/mol. The molecule has 0 bridgehead atoms. The molecule has 0 amide bonds. The van der Waals surface area contributed by atoms with Crippen molar-refractivity contribution in [3.63, 3.8) is 0 Å². The van der Waals surface area contributed by atoms with Gasteiger partial charge in [0.25, 0.3) is 0 Å². The van der Waals surface area contributed by atoms with Crippen molar-refractivity contribution >= 4 is 27.1 Å². The summed E-state index contributed by atoms with van der Waals surface area (Å²) < 4.78 is 22.5. The lowest BCUT2D eigenvalue weighted by Crippen LogP contribution is -2.10. The second-order valence-electron chi connectivity index (χ2n) is 3.75. The molecule has 0 saturated heterocycles. The number of carbonyl (C=O) groups excluding carboxylic acids is 1. The van der Waals surface area contributed by atoms with E-state index in [4.69, 9.17) is 5.14 Å². The maximum atomic E-state index is 11.4. The number of rotatable bonds is 4. The minimum atomic E-state index is -3.71. The van der Waals surface area contributed by atoms with E-state index in [2.05, 4.69) is 0 Å². The van der Waals surface area contributed by atoms with Gasteiger partial charge in [0.2, 0.25) is 10.0 Å². The molecule has 1 unspecified atom stereocenters. The summed E-state index contributed by atoms with van der Waals surface area (Å²) in [4.78, 5) is 12.2. The summed E-state index contributed by atoms with van der Waals surface area (Å²) in [6.07, 6.45) is 0.852. The third kappa shape index (κ3) is 2.69. The van der Waals surface area contributed by atoms with E-state index in [1.54, 1.807) is 0 Å². The summed E-state index contributed by atoms with van der Waals surface area (Å²) in [5.74, 6) is 0.0425. The van der Waals surface area contributed by atoms with Gasteiger partial charge < -0.3 is 0 Å². The zero-order valence-corrected chi connectivity index (χ0v) is 11.1. The maximum Gasteiger partial charge on any atom is 0.247 e. The molecule has 90 valence electrons. The molecule has 0 radical (unpaired) electrons. The van der Waals surface area contributed by atoms with E-state index in [9.17, 15) is 13.2 Å². The normalized spacial score (nSPS) is 13.8. The van der Waals surface area contributed by atoms with Crippen LogP contribution in [0.3, 0.4) is 0 Å². The van der Waals surface area contributed by atoms with Gasteiger partial charge in [-0.15, -0.1) is 11.3 Å². The molecule has 0 spiro atoms. The lowest BCUT2D eigenvalue weighted by molar-refractivity contribution is 0.101. The van der Waals surface area contributed by atoms with Crippen LogP contribution < -0.4 is 5.14 Å². The molecule has 1 rings (SSSR count). The van der Waals surface area contributed by atoms with E-state index in [0.29, 0.717) is 5.56 Å². The summed E-state index contributed by atoms with van der Waals surface area (Å²) >= 11 is 1.09. The summed E-state index contributed by atoms with van der Waals surface area (Å²) in [6.45, 7) is 5.39. The first-order valence-corrected chi connectivity index (χ1v) is 7.31. The molecule has 0 fully saturated rings. The fourth-order valence-electron chi connectivity index (χ4n) is 1.35. The Hall–Kier alpha value is -0.720. The van der Waals surface area contributed by atoms with Crippen LogP contribution in [0, 0.1) is 0 Å². The van der Waals surface area contributed by atoms with Gasteiger partial charge >= 0.3 is 0 Å². The number of Topliss-reactive ketones (excluding diaryl/α,β-unsaturated/α-hetero) is 1. The number of hydrogen-bond donors (Lipinski definition) is 1. The fraction of sp³-hybridized carbons (Fsp3) is 0.500. The molecule has 1 aromatic rings. The molecule has 2 N–H and O–H groups in total. The van der Waals surface area contributed by atoms with Gasteiger partial charge in [0, 0.05) is 10.4 Å². The van der Waals surface area contributed by atoms with Gasteiger partial charge in [0.15, 0.2) is 5.78 Å². The van der Waals surface area contributed by atoms with E-state index >= 15 is 0 Å². The molecule has 1 heterocycles. The first kappa shape index (κ1) is 13.3. The van der Waals surface area contributed by atoms with Crippen molar-refractivity contribution in [3.05, 3.63) is 16.5 Å². The zero-order valence-electron chi connectivity index (χ0n) is 9.48. The molecule has 4 nitrogen and oxygen atoms in total. The molecule has 16 heavy (non-hydrogen) atoms. The largest absolute Gasteiger partial charge is 0.294 e. The first-order chi connectivity index (χ1) is 7.27. The van der Waals surface area contributed by atoms with Crippen LogP contribution in [0.2, 0.25) is 0 Å². The van der Waals surface area contributed by atoms with Crippen molar-refractivity contribution in [3.8, 4) is 0 Å². The fourth-order valence-corrected chi connectivity index (χ4v) is 3.44. The van der Waals surface area contributed by atoms with Gasteiger partial charge in [0.1, 0.15) is 4.21 Å². The molecule has 0 saturated carbocycles. The first-order valence-electron chi connectivity index (χ1n) is 4.94. The van der Waals surface area contributed by atoms with Crippen molar-refractivity contribution in [1.29, 1.82) is 0 Å². The van der Waals surface area contributed by atoms with Crippen molar-refractivity contribution < 1.29 is 13.2 Å². The second-order valence-corrected chi connectivity index (χ2v) is 6.63. The Morgan fingerprint density at radius 2 is 2.12 bits per heavy atom. The Morgan fingerprint density at radius 3 is 2.50 bits per heavy atom. The molecule has 0 aromatic carbocycles. The summed E-state index contributed by atoms with van der Waals surface area (Å²) in [7, 11) is -3.71. The van der Waals surface area contributed by atoms with E-state index in [1.807, 2.05) is 13.8 Å². The monoisotopic (exact) mass is 261 g/mol. The van der Waals surface area contributed by atoms with Gasteiger partial charge in [-0.05, 0) is 25.3 Å². The Balaban J connectivity index is 3.37. The zero-order chi connectivity index (χ0) is 12.5. The molecule has 6 heteroatoms. The Morgan fingerprint density at radius 1 is 1.56 bits per heavy atom. The Bertz CT molecular complexity index is 502. The molecule has 1 atom stereocenters. The van der Waals surface area contributed by atoms with Gasteiger partial charge in [0.05, 0.1) is 0 Å². The van der Waals surface area contributed by atoms with Gasteiger partial charge in [-0.3, -0.25) is 4.79 Å². The number of ketones is 1. The molecular weight excluding hydrogens is 246 g/mol. The standard InChI is InChI=1S/C10H15NO3S2/c1-4-6(2)10-8(7(3)12)5-9(15-10)16(11,13)14/h5-6H,4H2,1-3H3,(H2,11,13,14). The highest BCUT2D eigenvalue weighted by Crippen LogP contribution is 2.33. The Kier molecular flexibility index (Phi) is 3.88. The third-order valence-corrected chi connectivity index (χ3v) is 5.24. The van der Waals surface area contributed by atoms with E-state index in [0.717, 1.165) is 22.6 Å². The topological polar surface area (TPSA) is 77.2 Å². The van der Waals surface area contributed by atoms with Crippen LogP contribution in [-0.4, -0.2) is 14.2 Å². The minimum Gasteiger partial charge on any atom is -0.294 e. The molecule has 0 aliphatic heterocycles. The SMILES string of the molecule is CCC(C)c1sc(S(N)(=O)=O)cc1C(C)=O. The maximum absolute atomic E-state index is 11.4. The lowest BCUT2D eigenvalue weighted by Gasteiger charge is -2.06. The van der Waals surface area contributed by atoms with Gasteiger partial charge in [-0.1, -0.05) is 13.8 Å². The predicted molar refractivity (Wildman–Crippen MR) is 64.4 cm³/mol. The highest BCUT2D eigenvalue weighted by Gasteiger charge is 2.21. The molecular formula is C10H15NO3S2. The number of thiophene rings is 1. The van der Waals surface area contributed by atoms with E-state index < -0.39 is 10.0 Å². The Labute approximate surface area is 99.5 Å². The highest BCUT2D eigenvalue weighted by molar-refractivity contribution is 7.91. The molecule has 1 aromatic heterocycles. The quantitative estimate of drug-likeness (QED) is 0.843. The van der Waals surface area contributed by atoms with Crippen molar-refractivity contribution in [2.24, 2.45) is 5.14 Å².